The minimum atomic E-state index is -1.55. The van der Waals surface area contributed by atoms with Crippen LogP contribution in [0.15, 0.2) is 145 Å². The predicted octanol–water partition coefficient (Wildman–Crippen LogP) is 8.66. The minimum Gasteiger partial charge on any atom is -0.293 e. The molecule has 0 saturated heterocycles. The van der Waals surface area contributed by atoms with E-state index in [1.165, 1.54) is 0 Å². The summed E-state index contributed by atoms with van der Waals surface area (Å²) in [5.41, 5.74) is 3.14. The van der Waals surface area contributed by atoms with Crippen LogP contribution in [0.25, 0.3) is 16.9 Å². The Bertz CT molecular complexity index is 2150. The number of nitrogens with zero attached hydrogens (tertiary/aromatic N) is 4. The maximum atomic E-state index is 15.7. The predicted molar refractivity (Wildman–Crippen MR) is 181 cm³/mol. The number of Topliss-reactive ketones (excluding diaryl/α,β-unsaturated/α-hetero) is 2. The van der Waals surface area contributed by atoms with Crippen molar-refractivity contribution < 1.29 is 9.59 Å². The molecule has 6 nitrogen and oxygen atoms in total. The molecule has 0 N–H and O–H groups in total. The van der Waals surface area contributed by atoms with E-state index in [-0.39, 0.29) is 22.8 Å². The lowest BCUT2D eigenvalue weighted by Gasteiger charge is -2.42. The van der Waals surface area contributed by atoms with Crippen molar-refractivity contribution in [3.05, 3.63) is 172 Å². The highest BCUT2D eigenvalue weighted by Crippen LogP contribution is 2.53. The molecule has 1 aliphatic carbocycles. The van der Waals surface area contributed by atoms with Gasteiger partial charge in [-0.05, 0) is 59.7 Å². The van der Waals surface area contributed by atoms with E-state index in [0.29, 0.717) is 49.5 Å². The topological polar surface area (TPSA) is 67.6 Å². The van der Waals surface area contributed by atoms with Crippen molar-refractivity contribution in [1.82, 2.24) is 9.78 Å². The van der Waals surface area contributed by atoms with Crippen molar-refractivity contribution in [3.63, 3.8) is 0 Å². The number of hydrogen-bond acceptors (Lipinski definition) is 5. The third-order valence-electron chi connectivity index (χ3n) is 8.66. The van der Waals surface area contributed by atoms with Gasteiger partial charge >= 0.3 is 0 Å². The second kappa shape index (κ2) is 10.9. The summed E-state index contributed by atoms with van der Waals surface area (Å²) in [6, 6.07) is 42.7. The third-order valence-corrected chi connectivity index (χ3v) is 9.17. The molecule has 2 atom stereocenters. The number of benzene rings is 5. The van der Waals surface area contributed by atoms with Gasteiger partial charge in [0, 0.05) is 15.6 Å². The summed E-state index contributed by atoms with van der Waals surface area (Å²) in [6.07, 6.45) is 0. The third kappa shape index (κ3) is 4.18. The van der Waals surface area contributed by atoms with E-state index in [0.717, 1.165) is 0 Å². The molecule has 222 valence electrons. The van der Waals surface area contributed by atoms with Crippen molar-refractivity contribution in [2.24, 2.45) is 11.0 Å². The van der Waals surface area contributed by atoms with Crippen molar-refractivity contribution in [2.75, 3.05) is 5.01 Å². The van der Waals surface area contributed by atoms with Gasteiger partial charge in [0.1, 0.15) is 17.3 Å². The molecular formula is C38H24Cl2N4O2. The first-order valence-corrected chi connectivity index (χ1v) is 15.5. The Balaban J connectivity index is 1.49. The number of anilines is 1. The molecule has 0 saturated carbocycles. The Morgan fingerprint density at radius 3 is 1.72 bits per heavy atom. The zero-order valence-electron chi connectivity index (χ0n) is 24.2. The number of carbonyl (C=O) groups is 2. The van der Waals surface area contributed by atoms with Crippen LogP contribution in [0.5, 0.6) is 0 Å². The van der Waals surface area contributed by atoms with Crippen molar-refractivity contribution in [3.8, 4) is 16.9 Å². The van der Waals surface area contributed by atoms with Crippen LogP contribution in [0.2, 0.25) is 10.0 Å². The lowest BCUT2D eigenvalue weighted by Crippen LogP contribution is -2.58. The highest BCUT2D eigenvalue weighted by molar-refractivity contribution is 6.34. The number of carbonyl (C=O) groups excluding carboxylic acids is 2. The van der Waals surface area contributed by atoms with Gasteiger partial charge in [0.2, 0.25) is 5.78 Å². The maximum absolute atomic E-state index is 15.7. The van der Waals surface area contributed by atoms with Gasteiger partial charge in [-0.1, -0.05) is 114 Å². The number of hydrogen-bond donors (Lipinski definition) is 0. The number of ketones is 2. The number of para-hydroxylation sites is 2. The summed E-state index contributed by atoms with van der Waals surface area (Å²) in [4.78, 5) is 31.1. The van der Waals surface area contributed by atoms with Crippen LogP contribution >= 0.6 is 23.2 Å². The Hall–Kier alpha value is -5.30. The number of fused-ring (bicyclic) bond motifs is 2. The van der Waals surface area contributed by atoms with E-state index in [1.807, 2.05) is 115 Å². The quantitative estimate of drug-likeness (QED) is 0.189. The molecule has 0 fully saturated rings. The van der Waals surface area contributed by atoms with E-state index >= 15 is 9.59 Å². The van der Waals surface area contributed by atoms with Gasteiger partial charge in [0.15, 0.2) is 11.3 Å². The number of aromatic nitrogens is 2. The molecule has 0 bridgehead atoms. The van der Waals surface area contributed by atoms with Gasteiger partial charge in [0.25, 0.3) is 0 Å². The molecule has 2 heterocycles. The second-order valence-electron chi connectivity index (χ2n) is 11.2. The molecule has 1 aromatic heterocycles. The fourth-order valence-electron chi connectivity index (χ4n) is 6.65. The monoisotopic (exact) mass is 638 g/mol. The Morgan fingerprint density at radius 1 is 0.609 bits per heavy atom. The molecule has 46 heavy (non-hydrogen) atoms. The summed E-state index contributed by atoms with van der Waals surface area (Å²) < 4.78 is 1.60. The van der Waals surface area contributed by atoms with E-state index in [9.17, 15) is 0 Å². The minimum absolute atomic E-state index is 0.203. The Kier molecular flexibility index (Phi) is 6.71. The van der Waals surface area contributed by atoms with Gasteiger partial charge in [-0.15, -0.1) is 0 Å². The van der Waals surface area contributed by atoms with Crippen LogP contribution in [0.1, 0.15) is 32.0 Å². The number of hydrazone groups is 1. The lowest BCUT2D eigenvalue weighted by atomic mass is 9.64. The molecule has 1 aliphatic heterocycles. The van der Waals surface area contributed by atoms with E-state index in [4.69, 9.17) is 33.4 Å². The molecule has 0 spiro atoms. The maximum Gasteiger partial charge on any atom is 0.215 e. The standard InChI is InChI=1S/C38H24Cl2N4O2/c39-27-20-16-24(17-21-27)33-31-35(43(41-33)29-12-6-2-7-13-29)37(46)38(26-10-4-1-5-11-26)32(36(31)45)34(25-18-22-28(40)23-19-25)42-44(38)30-14-8-3-9-15-30/h1-23,32H. The van der Waals surface area contributed by atoms with Gasteiger partial charge in [-0.2, -0.15) is 10.2 Å². The van der Waals surface area contributed by atoms with Gasteiger partial charge in [0.05, 0.1) is 22.6 Å². The van der Waals surface area contributed by atoms with Gasteiger partial charge in [-0.25, -0.2) is 9.69 Å². The highest BCUT2D eigenvalue weighted by atomic mass is 35.5. The number of halogens is 2. The average Bonchev–Trinajstić information content (AvgIpc) is 3.68. The van der Waals surface area contributed by atoms with Crippen LogP contribution in [0.4, 0.5) is 5.69 Å². The van der Waals surface area contributed by atoms with Crippen LogP contribution in [0, 0.1) is 5.92 Å². The summed E-state index contributed by atoms with van der Waals surface area (Å²) in [7, 11) is 0. The summed E-state index contributed by atoms with van der Waals surface area (Å²) >= 11 is 12.5. The molecule has 0 amide bonds. The van der Waals surface area contributed by atoms with Crippen LogP contribution in [0.3, 0.4) is 0 Å². The second-order valence-corrected chi connectivity index (χ2v) is 12.1. The summed E-state index contributed by atoms with van der Waals surface area (Å²) in [6.45, 7) is 0. The van der Waals surface area contributed by atoms with E-state index in [1.54, 1.807) is 34.0 Å². The van der Waals surface area contributed by atoms with E-state index in [2.05, 4.69) is 0 Å². The van der Waals surface area contributed by atoms with E-state index < -0.39 is 11.5 Å². The molecule has 8 heteroatoms. The molecule has 2 aliphatic rings. The SMILES string of the molecule is O=C1c2c(-c3ccc(Cl)cc3)nn(-c3ccccc3)c2C(=O)C2(c3ccccc3)C1C(c1ccc(Cl)cc1)=NN2c1ccccc1. The van der Waals surface area contributed by atoms with Crippen molar-refractivity contribution in [2.45, 2.75) is 5.54 Å². The number of rotatable bonds is 5. The summed E-state index contributed by atoms with van der Waals surface area (Å²) in [5, 5.41) is 13.0. The lowest BCUT2D eigenvalue weighted by molar-refractivity contribution is 0.0741. The van der Waals surface area contributed by atoms with Crippen molar-refractivity contribution in [1.29, 1.82) is 0 Å². The zero-order valence-corrected chi connectivity index (χ0v) is 25.7. The molecule has 0 radical (unpaired) electrons. The first kappa shape index (κ1) is 28.2. The van der Waals surface area contributed by atoms with Crippen LogP contribution < -0.4 is 5.01 Å². The van der Waals surface area contributed by atoms with Crippen LogP contribution in [-0.4, -0.2) is 27.1 Å². The first-order valence-electron chi connectivity index (χ1n) is 14.8. The fraction of sp³-hybridized carbons (Fsp3) is 0.0526. The molecule has 6 aromatic rings. The fourth-order valence-corrected chi connectivity index (χ4v) is 6.90. The van der Waals surface area contributed by atoms with Crippen molar-refractivity contribution >= 4 is 46.2 Å². The van der Waals surface area contributed by atoms with Crippen LogP contribution in [-0.2, 0) is 5.54 Å². The largest absolute Gasteiger partial charge is 0.293 e. The molecule has 8 rings (SSSR count). The Morgan fingerprint density at radius 2 is 1.13 bits per heavy atom. The summed E-state index contributed by atoms with van der Waals surface area (Å²) in [5.74, 6) is -1.54. The highest BCUT2D eigenvalue weighted by Gasteiger charge is 2.66. The first-order chi connectivity index (χ1) is 22.5. The zero-order chi connectivity index (χ0) is 31.4. The Labute approximate surface area is 275 Å². The average molecular weight is 640 g/mol. The molecule has 5 aromatic carbocycles. The van der Waals surface area contributed by atoms with Gasteiger partial charge < -0.3 is 0 Å². The van der Waals surface area contributed by atoms with Gasteiger partial charge in [-0.3, -0.25) is 9.59 Å². The molecular weight excluding hydrogens is 615 g/mol. The normalized spacial score (nSPS) is 18.7. The smallest absolute Gasteiger partial charge is 0.215 e. The molecule has 2 unspecified atom stereocenters.